The molecular weight excluding hydrogens is 240 g/mol. The molecule has 2 atom stereocenters. The fourth-order valence-electron chi connectivity index (χ4n) is 3.74. The van der Waals surface area contributed by atoms with Crippen molar-refractivity contribution in [3.63, 3.8) is 0 Å². The molecule has 2 aliphatic rings. The van der Waals surface area contributed by atoms with Crippen molar-refractivity contribution >= 4 is 11.8 Å². The Kier molecular flexibility index (Phi) is 5.40. The van der Waals surface area contributed by atoms with Crippen molar-refractivity contribution in [2.45, 2.75) is 70.0 Å². The molecule has 1 saturated heterocycles. The summed E-state index contributed by atoms with van der Waals surface area (Å²) in [5.41, 5.74) is 0.455. The monoisotopic (exact) mass is 270 g/mol. The van der Waals surface area contributed by atoms with Crippen molar-refractivity contribution in [3.8, 4) is 0 Å². The Hall–Kier alpha value is 0.270. The lowest BCUT2D eigenvalue weighted by atomic mass is 9.79. The normalized spacial score (nSPS) is 30.5. The maximum absolute atomic E-state index is 3.89. The quantitative estimate of drug-likeness (QED) is 0.845. The van der Waals surface area contributed by atoms with Crippen LogP contribution in [0.4, 0.5) is 0 Å². The van der Waals surface area contributed by atoms with Crippen LogP contribution in [-0.4, -0.2) is 47.6 Å². The highest BCUT2D eigenvalue weighted by Gasteiger charge is 2.40. The van der Waals surface area contributed by atoms with Gasteiger partial charge in [0.1, 0.15) is 0 Å². The number of thioether (sulfide) groups is 1. The Morgan fingerprint density at radius 1 is 1.33 bits per heavy atom. The van der Waals surface area contributed by atoms with E-state index in [1.165, 1.54) is 57.4 Å². The first-order chi connectivity index (χ1) is 8.71. The summed E-state index contributed by atoms with van der Waals surface area (Å²) in [7, 11) is 0. The van der Waals surface area contributed by atoms with Crippen LogP contribution in [0, 0.1) is 0 Å². The van der Waals surface area contributed by atoms with E-state index in [1.807, 2.05) is 11.8 Å². The molecule has 18 heavy (non-hydrogen) atoms. The Balaban J connectivity index is 2.03. The molecule has 2 unspecified atom stereocenters. The third-order valence-corrected chi connectivity index (χ3v) is 5.65. The van der Waals surface area contributed by atoms with Gasteiger partial charge in [-0.05, 0) is 32.4 Å². The van der Waals surface area contributed by atoms with Gasteiger partial charge in [0.05, 0.1) is 0 Å². The van der Waals surface area contributed by atoms with Gasteiger partial charge in [-0.1, -0.05) is 26.2 Å². The molecular formula is C15H30N2S. The van der Waals surface area contributed by atoms with E-state index in [9.17, 15) is 0 Å². The van der Waals surface area contributed by atoms with Gasteiger partial charge in [0.15, 0.2) is 0 Å². The van der Waals surface area contributed by atoms with Gasteiger partial charge in [-0.15, -0.1) is 0 Å². The van der Waals surface area contributed by atoms with Crippen molar-refractivity contribution in [2.75, 3.05) is 25.1 Å². The molecule has 1 N–H and O–H groups in total. The Bertz CT molecular complexity index is 251. The van der Waals surface area contributed by atoms with Gasteiger partial charge in [0, 0.05) is 36.5 Å². The summed E-state index contributed by atoms with van der Waals surface area (Å²) in [6.45, 7) is 7.22. The fourth-order valence-corrected chi connectivity index (χ4v) is 4.55. The van der Waals surface area contributed by atoms with Crippen molar-refractivity contribution < 1.29 is 0 Å². The summed E-state index contributed by atoms with van der Waals surface area (Å²) in [6, 6.07) is 1.48. The molecule has 0 radical (unpaired) electrons. The van der Waals surface area contributed by atoms with Crippen LogP contribution in [0.2, 0.25) is 0 Å². The number of hydrogen-bond donors (Lipinski definition) is 1. The van der Waals surface area contributed by atoms with Crippen LogP contribution >= 0.6 is 11.8 Å². The average molecular weight is 270 g/mol. The number of rotatable bonds is 4. The van der Waals surface area contributed by atoms with Gasteiger partial charge in [0.25, 0.3) is 0 Å². The summed E-state index contributed by atoms with van der Waals surface area (Å²) < 4.78 is 0. The predicted octanol–water partition coefficient (Wildman–Crippen LogP) is 3.12. The predicted molar refractivity (Wildman–Crippen MR) is 82.4 cm³/mol. The second-order valence-corrected chi connectivity index (χ2v) is 7.17. The Morgan fingerprint density at radius 2 is 2.06 bits per heavy atom. The topological polar surface area (TPSA) is 15.3 Å². The average Bonchev–Trinajstić information content (AvgIpc) is 2.40. The van der Waals surface area contributed by atoms with Crippen LogP contribution in [0.25, 0.3) is 0 Å². The number of hydrogen-bond acceptors (Lipinski definition) is 3. The van der Waals surface area contributed by atoms with E-state index in [4.69, 9.17) is 0 Å². The highest BCUT2D eigenvalue weighted by atomic mass is 32.2. The number of nitrogens with zero attached hydrogens (tertiary/aromatic N) is 1. The number of piperazine rings is 1. The van der Waals surface area contributed by atoms with Crippen LogP contribution < -0.4 is 5.32 Å². The molecule has 1 saturated carbocycles. The Morgan fingerprint density at radius 3 is 2.67 bits per heavy atom. The molecule has 3 heteroatoms. The summed E-state index contributed by atoms with van der Waals surface area (Å²) in [4.78, 5) is 2.80. The van der Waals surface area contributed by atoms with E-state index >= 15 is 0 Å². The van der Waals surface area contributed by atoms with E-state index in [1.54, 1.807) is 0 Å². The van der Waals surface area contributed by atoms with E-state index < -0.39 is 0 Å². The van der Waals surface area contributed by atoms with Crippen LogP contribution in [-0.2, 0) is 0 Å². The molecule has 2 fully saturated rings. The molecule has 0 bridgehead atoms. The summed E-state index contributed by atoms with van der Waals surface area (Å²) in [5.74, 6) is 1.29. The molecule has 2 rings (SSSR count). The summed E-state index contributed by atoms with van der Waals surface area (Å²) >= 11 is 2.00. The SMILES string of the molecule is CCC(CSC)N1CC2(CCCCC2)NCC1C. The highest BCUT2D eigenvalue weighted by Crippen LogP contribution is 2.33. The molecule has 0 aromatic carbocycles. The van der Waals surface area contributed by atoms with Crippen molar-refractivity contribution in [1.29, 1.82) is 0 Å². The van der Waals surface area contributed by atoms with Gasteiger partial charge >= 0.3 is 0 Å². The largest absolute Gasteiger partial charge is 0.308 e. The molecule has 1 heterocycles. The first kappa shape index (κ1) is 14.7. The minimum atomic E-state index is 0.455. The minimum Gasteiger partial charge on any atom is -0.308 e. The highest BCUT2D eigenvalue weighted by molar-refractivity contribution is 7.98. The van der Waals surface area contributed by atoms with E-state index in [2.05, 4.69) is 30.3 Å². The van der Waals surface area contributed by atoms with Gasteiger partial charge in [-0.2, -0.15) is 11.8 Å². The van der Waals surface area contributed by atoms with Crippen molar-refractivity contribution in [3.05, 3.63) is 0 Å². The van der Waals surface area contributed by atoms with Crippen molar-refractivity contribution in [1.82, 2.24) is 10.2 Å². The lowest BCUT2D eigenvalue weighted by Crippen LogP contribution is -2.66. The first-order valence-corrected chi connectivity index (χ1v) is 9.10. The fraction of sp³-hybridized carbons (Fsp3) is 1.00. The van der Waals surface area contributed by atoms with Gasteiger partial charge in [-0.3, -0.25) is 4.90 Å². The zero-order valence-electron chi connectivity index (χ0n) is 12.4. The third-order valence-electron chi connectivity index (χ3n) is 4.93. The lowest BCUT2D eigenvalue weighted by Gasteiger charge is -2.51. The second kappa shape index (κ2) is 6.62. The molecule has 0 aromatic rings. The van der Waals surface area contributed by atoms with E-state index in [-0.39, 0.29) is 0 Å². The first-order valence-electron chi connectivity index (χ1n) is 7.70. The Labute approximate surface area is 117 Å². The van der Waals surface area contributed by atoms with Crippen LogP contribution in [0.5, 0.6) is 0 Å². The van der Waals surface area contributed by atoms with Gasteiger partial charge < -0.3 is 5.32 Å². The maximum Gasteiger partial charge on any atom is 0.0309 e. The van der Waals surface area contributed by atoms with Crippen LogP contribution in [0.3, 0.4) is 0 Å². The third kappa shape index (κ3) is 3.23. The molecule has 1 aliphatic heterocycles. The summed E-state index contributed by atoms with van der Waals surface area (Å²) in [6.07, 6.45) is 10.6. The molecule has 0 amide bonds. The standard InChI is InChI=1S/C15H30N2S/c1-4-14(11-18-3)17-12-15(16-10-13(17)2)8-6-5-7-9-15/h13-14,16H,4-12H2,1-3H3. The lowest BCUT2D eigenvalue weighted by molar-refractivity contribution is 0.0364. The zero-order chi connectivity index (χ0) is 13.0. The van der Waals surface area contributed by atoms with E-state index in [0.717, 1.165) is 6.04 Å². The maximum atomic E-state index is 3.89. The smallest absolute Gasteiger partial charge is 0.0309 e. The van der Waals surface area contributed by atoms with Crippen LogP contribution in [0.15, 0.2) is 0 Å². The number of nitrogens with one attached hydrogen (secondary N) is 1. The minimum absolute atomic E-state index is 0.455. The van der Waals surface area contributed by atoms with Gasteiger partial charge in [0.2, 0.25) is 0 Å². The second-order valence-electron chi connectivity index (χ2n) is 6.26. The molecule has 106 valence electrons. The zero-order valence-corrected chi connectivity index (χ0v) is 13.2. The summed E-state index contributed by atoms with van der Waals surface area (Å²) in [5, 5.41) is 3.89. The van der Waals surface area contributed by atoms with Crippen molar-refractivity contribution in [2.24, 2.45) is 0 Å². The molecule has 0 aromatic heterocycles. The molecule has 1 aliphatic carbocycles. The van der Waals surface area contributed by atoms with Gasteiger partial charge in [-0.25, -0.2) is 0 Å². The van der Waals surface area contributed by atoms with E-state index in [0.29, 0.717) is 11.6 Å². The van der Waals surface area contributed by atoms with Crippen LogP contribution in [0.1, 0.15) is 52.4 Å². The molecule has 2 nitrogen and oxygen atoms in total. The molecule has 1 spiro atoms.